The summed E-state index contributed by atoms with van der Waals surface area (Å²) in [4.78, 5) is 0. The van der Waals surface area contributed by atoms with E-state index in [9.17, 15) is 0 Å². The second-order valence-corrected chi connectivity index (χ2v) is 3.16. The molecule has 0 saturated heterocycles. The molecule has 0 bridgehead atoms. The molecule has 68 valence electrons. The predicted molar refractivity (Wildman–Crippen MR) is 52.3 cm³/mol. The smallest absolute Gasteiger partial charge is 0.0497 e. The maximum Gasteiger partial charge on any atom is 0.0497 e. The van der Waals surface area contributed by atoms with Crippen molar-refractivity contribution in [2.75, 3.05) is 7.05 Å². The number of hydrazine groups is 2. The van der Waals surface area contributed by atoms with Gasteiger partial charge in [0.05, 0.1) is 0 Å². The summed E-state index contributed by atoms with van der Waals surface area (Å²) in [6.45, 7) is 0. The van der Waals surface area contributed by atoms with Crippen LogP contribution in [0.15, 0.2) is 42.2 Å². The fourth-order valence-corrected chi connectivity index (χ4v) is 1.36. The van der Waals surface area contributed by atoms with E-state index < -0.39 is 0 Å². The van der Waals surface area contributed by atoms with Crippen molar-refractivity contribution in [3.63, 3.8) is 0 Å². The van der Waals surface area contributed by atoms with Gasteiger partial charge in [-0.25, -0.2) is 0 Å². The molecule has 0 spiro atoms. The molecule has 1 aliphatic rings. The molecular formula is C10H13N3. The standard InChI is InChI=1S/C10H13N3/c1-13-8-10(11-12-13)7-9-5-3-2-4-6-9/h2-6,8,11-12H,7H2,1H3. The first-order chi connectivity index (χ1) is 6.34. The number of hydrogen-bond acceptors (Lipinski definition) is 3. The van der Waals surface area contributed by atoms with Crippen molar-refractivity contribution < 1.29 is 0 Å². The molecule has 0 saturated carbocycles. The van der Waals surface area contributed by atoms with Crippen LogP contribution in [0.2, 0.25) is 0 Å². The fourth-order valence-electron chi connectivity index (χ4n) is 1.36. The molecular weight excluding hydrogens is 162 g/mol. The van der Waals surface area contributed by atoms with Crippen LogP contribution in [0.1, 0.15) is 5.56 Å². The van der Waals surface area contributed by atoms with Crippen LogP contribution in [0.4, 0.5) is 0 Å². The summed E-state index contributed by atoms with van der Waals surface area (Å²) < 4.78 is 0. The summed E-state index contributed by atoms with van der Waals surface area (Å²) in [5, 5.41) is 1.90. The summed E-state index contributed by atoms with van der Waals surface area (Å²) in [6.07, 6.45) is 2.99. The Morgan fingerprint density at radius 3 is 2.62 bits per heavy atom. The number of benzene rings is 1. The minimum Gasteiger partial charge on any atom is -0.306 e. The van der Waals surface area contributed by atoms with Crippen molar-refractivity contribution in [1.29, 1.82) is 0 Å². The lowest BCUT2D eigenvalue weighted by atomic mass is 10.1. The van der Waals surface area contributed by atoms with Gasteiger partial charge in [0.25, 0.3) is 0 Å². The highest BCUT2D eigenvalue weighted by molar-refractivity contribution is 5.21. The minimum absolute atomic E-state index is 0.943. The average molecular weight is 175 g/mol. The number of nitrogens with zero attached hydrogens (tertiary/aromatic N) is 1. The molecule has 0 aromatic heterocycles. The lowest BCUT2D eigenvalue weighted by Crippen LogP contribution is -2.33. The molecule has 1 aliphatic heterocycles. The van der Waals surface area contributed by atoms with E-state index in [0.29, 0.717) is 0 Å². The van der Waals surface area contributed by atoms with Crippen LogP contribution in [0.3, 0.4) is 0 Å². The van der Waals surface area contributed by atoms with E-state index in [4.69, 9.17) is 0 Å². The maximum atomic E-state index is 3.09. The Hall–Kier alpha value is -1.48. The molecule has 0 fully saturated rings. The maximum absolute atomic E-state index is 3.09. The van der Waals surface area contributed by atoms with Crippen molar-refractivity contribution >= 4 is 0 Å². The van der Waals surface area contributed by atoms with Gasteiger partial charge in [0.2, 0.25) is 0 Å². The molecule has 13 heavy (non-hydrogen) atoms. The molecule has 1 heterocycles. The zero-order valence-electron chi connectivity index (χ0n) is 7.62. The third-order valence-corrected chi connectivity index (χ3v) is 1.98. The number of nitrogens with one attached hydrogen (secondary N) is 2. The molecule has 0 amide bonds. The quantitative estimate of drug-likeness (QED) is 0.703. The summed E-state index contributed by atoms with van der Waals surface area (Å²) in [6, 6.07) is 10.4. The molecule has 2 N–H and O–H groups in total. The summed E-state index contributed by atoms with van der Waals surface area (Å²) in [5.74, 6) is 0. The van der Waals surface area contributed by atoms with Crippen LogP contribution in [0, 0.1) is 0 Å². The Kier molecular flexibility index (Phi) is 2.19. The molecule has 2 rings (SSSR count). The highest BCUT2D eigenvalue weighted by Crippen LogP contribution is 2.07. The Morgan fingerprint density at radius 2 is 2.00 bits per heavy atom. The van der Waals surface area contributed by atoms with E-state index in [1.54, 1.807) is 0 Å². The topological polar surface area (TPSA) is 27.3 Å². The van der Waals surface area contributed by atoms with Gasteiger partial charge >= 0.3 is 0 Å². The third kappa shape index (κ3) is 2.00. The van der Waals surface area contributed by atoms with E-state index >= 15 is 0 Å². The third-order valence-electron chi connectivity index (χ3n) is 1.98. The van der Waals surface area contributed by atoms with Crippen molar-refractivity contribution in [3.05, 3.63) is 47.8 Å². The van der Waals surface area contributed by atoms with Gasteiger partial charge in [-0.1, -0.05) is 30.3 Å². The van der Waals surface area contributed by atoms with Crippen LogP contribution in [-0.2, 0) is 6.42 Å². The predicted octanol–water partition coefficient (Wildman–Crippen LogP) is 1.03. The Labute approximate surface area is 78.0 Å². The van der Waals surface area contributed by atoms with E-state index in [1.807, 2.05) is 24.3 Å². The van der Waals surface area contributed by atoms with Crippen LogP contribution in [0.25, 0.3) is 0 Å². The van der Waals surface area contributed by atoms with E-state index in [-0.39, 0.29) is 0 Å². The Balaban J connectivity index is 2.03. The van der Waals surface area contributed by atoms with E-state index in [1.165, 1.54) is 11.3 Å². The van der Waals surface area contributed by atoms with Crippen LogP contribution in [0.5, 0.6) is 0 Å². The van der Waals surface area contributed by atoms with Crippen LogP contribution in [-0.4, -0.2) is 12.1 Å². The fraction of sp³-hybridized carbons (Fsp3) is 0.200. The highest BCUT2D eigenvalue weighted by Gasteiger charge is 2.06. The number of rotatable bonds is 2. The zero-order valence-corrected chi connectivity index (χ0v) is 7.62. The van der Waals surface area contributed by atoms with Crippen molar-refractivity contribution in [2.45, 2.75) is 6.42 Å². The largest absolute Gasteiger partial charge is 0.306 e. The SMILES string of the molecule is CN1C=C(Cc2ccccc2)NN1. The molecule has 1 aromatic rings. The monoisotopic (exact) mass is 175 g/mol. The van der Waals surface area contributed by atoms with Crippen LogP contribution >= 0.6 is 0 Å². The van der Waals surface area contributed by atoms with E-state index in [2.05, 4.69) is 35.2 Å². The molecule has 3 nitrogen and oxygen atoms in total. The molecule has 0 radical (unpaired) electrons. The van der Waals surface area contributed by atoms with Crippen molar-refractivity contribution in [3.8, 4) is 0 Å². The van der Waals surface area contributed by atoms with Gasteiger partial charge in [0.15, 0.2) is 0 Å². The molecule has 0 atom stereocenters. The Morgan fingerprint density at radius 1 is 1.23 bits per heavy atom. The van der Waals surface area contributed by atoms with Gasteiger partial charge in [-0.3, -0.25) is 5.01 Å². The van der Waals surface area contributed by atoms with Crippen molar-refractivity contribution in [1.82, 2.24) is 16.0 Å². The lowest BCUT2D eigenvalue weighted by molar-refractivity contribution is 0.327. The molecule has 3 heteroatoms. The average Bonchev–Trinajstić information content (AvgIpc) is 2.53. The Bertz CT molecular complexity index is 305. The van der Waals surface area contributed by atoms with Gasteiger partial charge in [-0.15, -0.1) is 5.53 Å². The zero-order chi connectivity index (χ0) is 9.10. The number of allylic oxidation sites excluding steroid dienone is 1. The lowest BCUT2D eigenvalue weighted by Gasteiger charge is -2.05. The second-order valence-electron chi connectivity index (χ2n) is 3.16. The normalized spacial score (nSPS) is 15.5. The molecule has 0 aliphatic carbocycles. The summed E-state index contributed by atoms with van der Waals surface area (Å²) in [5.41, 5.74) is 8.58. The first-order valence-corrected chi connectivity index (χ1v) is 4.34. The van der Waals surface area contributed by atoms with Gasteiger partial charge in [0.1, 0.15) is 0 Å². The second kappa shape index (κ2) is 3.49. The molecule has 0 unspecified atom stereocenters. The summed E-state index contributed by atoms with van der Waals surface area (Å²) in [7, 11) is 1.96. The number of hydrogen-bond donors (Lipinski definition) is 2. The first kappa shape index (κ1) is 8.13. The van der Waals surface area contributed by atoms with Crippen LogP contribution < -0.4 is 11.0 Å². The van der Waals surface area contributed by atoms with Gasteiger partial charge in [-0.05, 0) is 5.56 Å². The molecule has 1 aromatic carbocycles. The van der Waals surface area contributed by atoms with E-state index in [0.717, 1.165) is 6.42 Å². The van der Waals surface area contributed by atoms with Gasteiger partial charge < -0.3 is 5.43 Å². The highest BCUT2D eigenvalue weighted by atomic mass is 15.7. The summed E-state index contributed by atoms with van der Waals surface area (Å²) >= 11 is 0. The minimum atomic E-state index is 0.943. The van der Waals surface area contributed by atoms with Crippen molar-refractivity contribution in [2.24, 2.45) is 0 Å². The van der Waals surface area contributed by atoms with Gasteiger partial charge in [-0.2, -0.15) is 0 Å². The van der Waals surface area contributed by atoms with Gasteiger partial charge in [0, 0.05) is 25.4 Å². The first-order valence-electron chi connectivity index (χ1n) is 4.34.